The minimum absolute atomic E-state index is 0.0694. The monoisotopic (exact) mass is 276 g/mol. The quantitative estimate of drug-likeness (QED) is 0.869. The fourth-order valence-electron chi connectivity index (χ4n) is 1.93. The summed E-state index contributed by atoms with van der Waals surface area (Å²) in [6.07, 6.45) is 2.28. The van der Waals surface area contributed by atoms with Crippen molar-refractivity contribution in [1.29, 1.82) is 0 Å². The van der Waals surface area contributed by atoms with Crippen LogP contribution in [0.3, 0.4) is 0 Å². The van der Waals surface area contributed by atoms with E-state index in [4.69, 9.17) is 0 Å². The first-order valence-corrected chi connectivity index (χ1v) is 7.47. The van der Waals surface area contributed by atoms with Crippen molar-refractivity contribution < 1.29 is 5.11 Å². The lowest BCUT2D eigenvalue weighted by atomic mass is 10.2. The summed E-state index contributed by atoms with van der Waals surface area (Å²) in [4.78, 5) is 7.78. The molecule has 1 heterocycles. The van der Waals surface area contributed by atoms with E-state index in [1.807, 2.05) is 25.1 Å². The maximum Gasteiger partial charge on any atom is 0.190 e. The fraction of sp³-hybridized carbons (Fsp3) is 0.400. The van der Waals surface area contributed by atoms with Crippen molar-refractivity contribution in [2.75, 3.05) is 11.4 Å². The van der Waals surface area contributed by atoms with Crippen LogP contribution < -0.4 is 4.90 Å². The molecule has 2 rings (SSSR count). The van der Waals surface area contributed by atoms with Gasteiger partial charge in [0, 0.05) is 12.2 Å². The van der Waals surface area contributed by atoms with Crippen molar-refractivity contribution in [3.05, 3.63) is 40.9 Å². The molecule has 1 aromatic carbocycles. The van der Waals surface area contributed by atoms with Gasteiger partial charge in [-0.2, -0.15) is 0 Å². The van der Waals surface area contributed by atoms with Crippen LogP contribution in [0.25, 0.3) is 0 Å². The van der Waals surface area contributed by atoms with Gasteiger partial charge in [0.15, 0.2) is 5.13 Å². The summed E-state index contributed by atoms with van der Waals surface area (Å²) in [7, 11) is 0. The summed E-state index contributed by atoms with van der Waals surface area (Å²) in [6.45, 7) is 5.17. The molecule has 1 aromatic heterocycles. The molecular formula is C15H20N2OS. The Labute approximate surface area is 118 Å². The Morgan fingerprint density at radius 2 is 2.00 bits per heavy atom. The van der Waals surface area contributed by atoms with Crippen LogP contribution in [-0.4, -0.2) is 16.6 Å². The Morgan fingerprint density at radius 1 is 1.26 bits per heavy atom. The Morgan fingerprint density at radius 3 is 2.58 bits per heavy atom. The van der Waals surface area contributed by atoms with Gasteiger partial charge in [-0.05, 0) is 25.5 Å². The first kappa shape index (κ1) is 14.0. The second-order valence-corrected chi connectivity index (χ2v) is 5.57. The molecule has 0 spiro atoms. The molecule has 0 aliphatic rings. The highest BCUT2D eigenvalue weighted by Gasteiger charge is 2.15. The second kappa shape index (κ2) is 6.68. The predicted octanol–water partition coefficient (Wildman–Crippen LogP) is 3.88. The number of para-hydroxylation sites is 1. The number of unbranched alkanes of at least 4 members (excludes halogenated alkanes) is 1. The van der Waals surface area contributed by atoms with Gasteiger partial charge in [-0.3, -0.25) is 0 Å². The summed E-state index contributed by atoms with van der Waals surface area (Å²) >= 11 is 1.58. The van der Waals surface area contributed by atoms with Crippen molar-refractivity contribution >= 4 is 22.2 Å². The molecule has 0 bridgehead atoms. The van der Waals surface area contributed by atoms with E-state index in [0.29, 0.717) is 0 Å². The molecule has 4 heteroatoms. The van der Waals surface area contributed by atoms with E-state index in [9.17, 15) is 5.11 Å². The van der Waals surface area contributed by atoms with E-state index in [1.165, 1.54) is 0 Å². The predicted molar refractivity (Wildman–Crippen MR) is 81.1 cm³/mol. The summed E-state index contributed by atoms with van der Waals surface area (Å²) in [5.41, 5.74) is 2.09. The topological polar surface area (TPSA) is 36.4 Å². The molecule has 3 nitrogen and oxygen atoms in total. The lowest BCUT2D eigenvalue weighted by Gasteiger charge is -2.21. The molecule has 0 unspecified atom stereocenters. The number of aromatic nitrogens is 1. The van der Waals surface area contributed by atoms with Crippen LogP contribution in [0.1, 0.15) is 30.3 Å². The zero-order chi connectivity index (χ0) is 13.7. The smallest absolute Gasteiger partial charge is 0.190 e. The second-order valence-electron chi connectivity index (χ2n) is 4.50. The third-order valence-electron chi connectivity index (χ3n) is 3.06. The standard InChI is InChI=1S/C15H20N2OS/c1-3-4-10-17(13-8-6-5-7-9-13)15-16-12(2)14(11-18)19-15/h5-9,18H,3-4,10-11H2,1-2H3. The SMILES string of the molecule is CCCCN(c1ccccc1)c1nc(C)c(CO)s1. The molecule has 2 aromatic rings. The van der Waals surface area contributed by atoms with Crippen molar-refractivity contribution in [2.45, 2.75) is 33.3 Å². The van der Waals surface area contributed by atoms with Crippen molar-refractivity contribution in [2.24, 2.45) is 0 Å². The number of thiazole rings is 1. The normalized spacial score (nSPS) is 10.7. The van der Waals surface area contributed by atoms with Gasteiger partial charge in [0.1, 0.15) is 0 Å². The Bertz CT molecular complexity index is 510. The summed E-state index contributed by atoms with van der Waals surface area (Å²) in [5, 5.41) is 10.3. The van der Waals surface area contributed by atoms with Crippen LogP contribution in [-0.2, 0) is 6.61 Å². The van der Waals surface area contributed by atoms with Crippen LogP contribution in [0.4, 0.5) is 10.8 Å². The highest BCUT2D eigenvalue weighted by molar-refractivity contribution is 7.15. The molecule has 0 aliphatic heterocycles. The van der Waals surface area contributed by atoms with Gasteiger partial charge >= 0.3 is 0 Å². The highest BCUT2D eigenvalue weighted by atomic mass is 32.1. The third kappa shape index (κ3) is 3.33. The number of anilines is 2. The van der Waals surface area contributed by atoms with E-state index >= 15 is 0 Å². The minimum atomic E-state index is 0.0694. The molecule has 0 atom stereocenters. The number of benzene rings is 1. The molecule has 0 fully saturated rings. The third-order valence-corrected chi connectivity index (χ3v) is 4.22. The van der Waals surface area contributed by atoms with Crippen LogP contribution in [0.2, 0.25) is 0 Å². The number of rotatable bonds is 6. The Kier molecular flexibility index (Phi) is 4.93. The molecule has 0 radical (unpaired) electrons. The number of aryl methyl sites for hydroxylation is 1. The first-order chi connectivity index (χ1) is 9.26. The number of hydrogen-bond donors (Lipinski definition) is 1. The van der Waals surface area contributed by atoms with Crippen molar-refractivity contribution in [3.8, 4) is 0 Å². The maximum absolute atomic E-state index is 9.31. The zero-order valence-corrected chi connectivity index (χ0v) is 12.3. The molecule has 0 saturated carbocycles. The largest absolute Gasteiger partial charge is 0.391 e. The van der Waals surface area contributed by atoms with Crippen LogP contribution >= 0.6 is 11.3 Å². The van der Waals surface area contributed by atoms with Gasteiger partial charge in [0.05, 0.1) is 17.2 Å². The molecule has 0 saturated heterocycles. The molecule has 0 aliphatic carbocycles. The van der Waals surface area contributed by atoms with Gasteiger partial charge in [-0.1, -0.05) is 42.9 Å². The van der Waals surface area contributed by atoms with E-state index in [2.05, 4.69) is 28.9 Å². The molecule has 19 heavy (non-hydrogen) atoms. The van der Waals surface area contributed by atoms with Crippen LogP contribution in [0.15, 0.2) is 30.3 Å². The number of nitrogens with zero attached hydrogens (tertiary/aromatic N) is 2. The van der Waals surface area contributed by atoms with Gasteiger partial charge in [-0.15, -0.1) is 0 Å². The zero-order valence-electron chi connectivity index (χ0n) is 11.5. The first-order valence-electron chi connectivity index (χ1n) is 6.66. The average molecular weight is 276 g/mol. The molecule has 0 amide bonds. The van der Waals surface area contributed by atoms with E-state index in [1.54, 1.807) is 11.3 Å². The minimum Gasteiger partial charge on any atom is -0.391 e. The molecule has 1 N–H and O–H groups in total. The maximum atomic E-state index is 9.31. The van der Waals surface area contributed by atoms with Crippen LogP contribution in [0.5, 0.6) is 0 Å². The Hall–Kier alpha value is -1.39. The Balaban J connectivity index is 2.31. The van der Waals surface area contributed by atoms with Gasteiger partial charge in [0.2, 0.25) is 0 Å². The summed E-state index contributed by atoms with van der Waals surface area (Å²) < 4.78 is 0. The van der Waals surface area contributed by atoms with E-state index in [-0.39, 0.29) is 6.61 Å². The lowest BCUT2D eigenvalue weighted by Crippen LogP contribution is -2.18. The van der Waals surface area contributed by atoms with Crippen LogP contribution in [0, 0.1) is 6.92 Å². The molecule has 102 valence electrons. The average Bonchev–Trinajstić information content (AvgIpc) is 2.81. The number of aliphatic hydroxyl groups excluding tert-OH is 1. The fourth-order valence-corrected chi connectivity index (χ4v) is 2.90. The number of aliphatic hydroxyl groups is 1. The molecular weight excluding hydrogens is 256 g/mol. The highest BCUT2D eigenvalue weighted by Crippen LogP contribution is 2.31. The van der Waals surface area contributed by atoms with Gasteiger partial charge in [0.25, 0.3) is 0 Å². The van der Waals surface area contributed by atoms with Crippen molar-refractivity contribution in [3.63, 3.8) is 0 Å². The van der Waals surface area contributed by atoms with Crippen molar-refractivity contribution in [1.82, 2.24) is 4.98 Å². The number of hydrogen-bond acceptors (Lipinski definition) is 4. The van der Waals surface area contributed by atoms with E-state index < -0.39 is 0 Å². The van der Waals surface area contributed by atoms with E-state index in [0.717, 1.165) is 40.8 Å². The lowest BCUT2D eigenvalue weighted by molar-refractivity contribution is 0.284. The summed E-state index contributed by atoms with van der Waals surface area (Å²) in [6, 6.07) is 10.3. The summed E-state index contributed by atoms with van der Waals surface area (Å²) in [5.74, 6) is 0. The van der Waals surface area contributed by atoms with Gasteiger partial charge in [-0.25, -0.2) is 4.98 Å². The van der Waals surface area contributed by atoms with Gasteiger partial charge < -0.3 is 10.0 Å².